The van der Waals surface area contributed by atoms with Gasteiger partial charge in [0.05, 0.1) is 5.41 Å². The molecule has 0 bridgehead atoms. The Morgan fingerprint density at radius 1 is 1.31 bits per heavy atom. The van der Waals surface area contributed by atoms with Gasteiger partial charge in [0.15, 0.2) is 0 Å². The van der Waals surface area contributed by atoms with Gasteiger partial charge in [-0.1, -0.05) is 0 Å². The van der Waals surface area contributed by atoms with Gasteiger partial charge in [-0.25, -0.2) is 0 Å². The van der Waals surface area contributed by atoms with Crippen LogP contribution >= 0.6 is 0 Å². The van der Waals surface area contributed by atoms with Gasteiger partial charge < -0.3 is 5.11 Å². The summed E-state index contributed by atoms with van der Waals surface area (Å²) < 4.78 is 37.5. The summed E-state index contributed by atoms with van der Waals surface area (Å²) in [4.78, 5) is 10.7. The molecule has 0 heterocycles. The summed E-state index contributed by atoms with van der Waals surface area (Å²) >= 11 is 0. The van der Waals surface area contributed by atoms with Gasteiger partial charge >= 0.3 is 6.18 Å². The van der Waals surface area contributed by atoms with Crippen molar-refractivity contribution in [2.24, 2.45) is 5.41 Å². The van der Waals surface area contributed by atoms with E-state index in [2.05, 4.69) is 0 Å². The zero-order valence-corrected chi connectivity index (χ0v) is 7.40. The third kappa shape index (κ3) is 1.25. The Kier molecular flexibility index (Phi) is 1.98. The largest absolute Gasteiger partial charge is 0.482 e. The number of alkyl halides is 3. The van der Waals surface area contributed by atoms with Crippen LogP contribution in [0.15, 0.2) is 0 Å². The first kappa shape index (κ1) is 10.5. The minimum Gasteiger partial charge on any atom is -0.482 e. The number of hydrogen-bond acceptors (Lipinski definition) is 1. The fourth-order valence-electron chi connectivity index (χ4n) is 1.59. The van der Waals surface area contributed by atoms with E-state index in [1.54, 1.807) is 0 Å². The molecule has 1 N–H and O–H groups in total. The molecule has 0 aromatic carbocycles. The first-order valence-corrected chi connectivity index (χ1v) is 3.95. The van der Waals surface area contributed by atoms with Crippen LogP contribution in [0.25, 0.3) is 0 Å². The monoisotopic (exact) mass is 192 g/mol. The third-order valence-corrected chi connectivity index (χ3v) is 3.02. The van der Waals surface area contributed by atoms with Gasteiger partial charge in [-0.05, 0) is 12.8 Å². The van der Waals surface area contributed by atoms with Crippen LogP contribution in [0.2, 0.25) is 5.21 Å². The van der Waals surface area contributed by atoms with Crippen molar-refractivity contribution in [3.8, 4) is 0 Å². The van der Waals surface area contributed by atoms with Crippen LogP contribution in [0.5, 0.6) is 0 Å². The fraction of sp³-hybridized carbons (Fsp3) is 0.833. The normalized spacial score (nSPS) is 21.2. The lowest BCUT2D eigenvalue weighted by Crippen LogP contribution is -2.43. The number of halogens is 3. The van der Waals surface area contributed by atoms with Crippen LogP contribution in [0, 0.1) is 5.41 Å². The van der Waals surface area contributed by atoms with Gasteiger partial charge in [0, 0.05) is 5.21 Å². The van der Waals surface area contributed by atoms with E-state index in [9.17, 15) is 18.0 Å². The van der Waals surface area contributed by atoms with Gasteiger partial charge in [0.1, 0.15) is 15.7 Å². The maximum absolute atomic E-state index is 12.5. The van der Waals surface area contributed by atoms with Gasteiger partial charge in [-0.2, -0.15) is 13.2 Å². The summed E-state index contributed by atoms with van der Waals surface area (Å²) in [6.07, 6.45) is -4.56. The van der Waals surface area contributed by atoms with Gasteiger partial charge in [-0.3, -0.25) is 4.79 Å². The molecule has 0 amide bonds. The topological polar surface area (TPSA) is 37.3 Å². The maximum atomic E-state index is 12.5. The van der Waals surface area contributed by atoms with Crippen molar-refractivity contribution in [3.05, 3.63) is 0 Å². The van der Waals surface area contributed by atoms with Gasteiger partial charge in [-0.15, -0.1) is 0 Å². The van der Waals surface area contributed by atoms with Crippen LogP contribution in [0.4, 0.5) is 13.2 Å². The molecule has 72 valence electrons. The average Bonchev–Trinajstić information content (AvgIpc) is 2.61. The van der Waals surface area contributed by atoms with Crippen LogP contribution in [0.3, 0.4) is 0 Å². The number of carboxylic acids is 1. The van der Waals surface area contributed by atoms with Crippen molar-refractivity contribution >= 4 is 21.7 Å². The molecule has 0 radical (unpaired) electrons. The molecule has 0 aromatic rings. The molecule has 0 aromatic heterocycles. The average molecular weight is 192 g/mol. The van der Waals surface area contributed by atoms with Gasteiger partial charge in [0.2, 0.25) is 0 Å². The second-order valence-electron chi connectivity index (χ2n) is 4.01. The minimum absolute atomic E-state index is 0.0736. The molecule has 1 fully saturated rings. The first-order chi connectivity index (χ1) is 5.65. The van der Waals surface area contributed by atoms with E-state index in [1.165, 1.54) is 0 Å². The molecule has 1 aliphatic carbocycles. The molecule has 1 saturated carbocycles. The van der Waals surface area contributed by atoms with Crippen LogP contribution in [0.1, 0.15) is 12.8 Å². The predicted molar refractivity (Wildman–Crippen MR) is 45.1 cm³/mol. The quantitative estimate of drug-likeness (QED) is 0.614. The third-order valence-electron chi connectivity index (χ3n) is 3.02. The highest BCUT2D eigenvalue weighted by Gasteiger charge is 2.72. The van der Waals surface area contributed by atoms with E-state index in [-0.39, 0.29) is 12.8 Å². The zero-order chi connectivity index (χ0) is 10.5. The Morgan fingerprint density at radius 2 is 1.69 bits per heavy atom. The summed E-state index contributed by atoms with van der Waals surface area (Å²) in [5.41, 5.74) is -1.99. The molecule has 0 saturated heterocycles. The molecule has 13 heavy (non-hydrogen) atoms. The minimum atomic E-state index is -4.41. The smallest absolute Gasteiger partial charge is 0.394 e. The lowest BCUT2D eigenvalue weighted by molar-refractivity contribution is -0.197. The van der Waals surface area contributed by atoms with E-state index in [0.29, 0.717) is 0 Å². The van der Waals surface area contributed by atoms with Crippen molar-refractivity contribution in [2.45, 2.75) is 24.2 Å². The highest BCUT2D eigenvalue weighted by Crippen LogP contribution is 2.68. The van der Waals surface area contributed by atoms with E-state index in [0.717, 1.165) is 15.7 Å². The molecule has 0 spiro atoms. The zero-order valence-electron chi connectivity index (χ0n) is 7.40. The molecule has 7 heteroatoms. The molecule has 0 unspecified atom stereocenters. The highest BCUT2D eigenvalue weighted by molar-refractivity contribution is 6.50. The van der Waals surface area contributed by atoms with Crippen molar-refractivity contribution in [1.29, 1.82) is 0 Å². The number of rotatable bonds is 2. The van der Waals surface area contributed by atoms with Crippen LogP contribution in [-0.2, 0) is 4.79 Å². The second kappa shape index (κ2) is 2.45. The lowest BCUT2D eigenvalue weighted by atomic mass is 9.46. The Morgan fingerprint density at radius 3 is 1.77 bits per heavy atom. The summed E-state index contributed by atoms with van der Waals surface area (Å²) in [7, 11) is 2.27. The standard InChI is InChI=1S/C6H9B2F3O2/c7-5(8,3(12)13)4(1-2-4)6(9,10)11/h1-2,7-8H2,(H,12,13). The van der Waals surface area contributed by atoms with Crippen molar-refractivity contribution in [1.82, 2.24) is 0 Å². The summed E-state index contributed by atoms with van der Waals surface area (Å²) in [6.45, 7) is 0. The molecule has 1 rings (SSSR count). The van der Waals surface area contributed by atoms with E-state index < -0.39 is 22.8 Å². The Balaban J connectivity index is 3.01. The summed E-state index contributed by atoms with van der Waals surface area (Å²) in [5.74, 6) is -1.39. The van der Waals surface area contributed by atoms with Crippen molar-refractivity contribution in [3.63, 3.8) is 0 Å². The fourth-order valence-corrected chi connectivity index (χ4v) is 1.59. The molecule has 2 nitrogen and oxygen atoms in total. The van der Waals surface area contributed by atoms with E-state index >= 15 is 0 Å². The van der Waals surface area contributed by atoms with E-state index in [1.807, 2.05) is 0 Å². The van der Waals surface area contributed by atoms with Crippen LogP contribution < -0.4 is 0 Å². The molecular formula is C6H9B2F3O2. The Bertz CT molecular complexity index is 245. The number of carboxylic acid groups (broad SMARTS) is 1. The first-order valence-electron chi connectivity index (χ1n) is 3.95. The lowest BCUT2D eigenvalue weighted by Gasteiger charge is -2.32. The molecule has 0 atom stereocenters. The number of carbonyl (C=O) groups is 1. The summed E-state index contributed by atoms with van der Waals surface area (Å²) in [6, 6.07) is 0. The predicted octanol–water partition coefficient (Wildman–Crippen LogP) is -0.204. The second-order valence-corrected chi connectivity index (χ2v) is 4.01. The van der Waals surface area contributed by atoms with Crippen molar-refractivity contribution in [2.75, 3.05) is 0 Å². The Hall–Kier alpha value is -0.610. The van der Waals surface area contributed by atoms with E-state index in [4.69, 9.17) is 5.11 Å². The highest BCUT2D eigenvalue weighted by atomic mass is 19.4. The maximum Gasteiger partial charge on any atom is 0.394 e. The molecule has 1 aliphatic rings. The number of aliphatic carboxylic acids is 1. The molecular weight excluding hydrogens is 183 g/mol. The molecule has 0 aliphatic heterocycles. The van der Waals surface area contributed by atoms with Gasteiger partial charge in [0.25, 0.3) is 5.97 Å². The number of hydrogen-bond donors (Lipinski definition) is 1. The van der Waals surface area contributed by atoms with Crippen molar-refractivity contribution < 1.29 is 23.1 Å². The van der Waals surface area contributed by atoms with Crippen LogP contribution in [-0.4, -0.2) is 32.9 Å². The SMILES string of the molecule is BC(B)(C(=O)O)C1(C(F)(F)F)CC1. The Labute approximate surface area is 75.3 Å². The summed E-state index contributed by atoms with van der Waals surface area (Å²) in [5, 5.41) is 6.96.